The Kier molecular flexibility index (Phi) is 6.09. The van der Waals surface area contributed by atoms with Gasteiger partial charge in [-0.15, -0.1) is 0 Å². The predicted octanol–water partition coefficient (Wildman–Crippen LogP) is 4.66. The average Bonchev–Trinajstić information content (AvgIpc) is 2.54. The van der Waals surface area contributed by atoms with Gasteiger partial charge in [0, 0.05) is 11.3 Å². The number of ether oxygens (including phenoxy) is 2. The van der Waals surface area contributed by atoms with E-state index in [1.807, 2.05) is 32.0 Å². The van der Waals surface area contributed by atoms with Crippen LogP contribution in [0.15, 0.2) is 40.9 Å². The Morgan fingerprint density at radius 3 is 2.38 bits per heavy atom. The fraction of sp³-hybridized carbons (Fsp3) is 0.278. The summed E-state index contributed by atoms with van der Waals surface area (Å²) in [6.07, 6.45) is 0. The summed E-state index contributed by atoms with van der Waals surface area (Å²) in [5.74, 6) is 1.46. The average molecular weight is 393 g/mol. The van der Waals surface area contributed by atoms with Crippen molar-refractivity contribution in [2.75, 3.05) is 19.5 Å². The maximum atomic E-state index is 12.2. The van der Waals surface area contributed by atoms with Gasteiger partial charge >= 0.3 is 6.03 Å². The van der Waals surface area contributed by atoms with Crippen LogP contribution in [0.2, 0.25) is 0 Å². The molecule has 2 aromatic rings. The Morgan fingerprint density at radius 2 is 1.75 bits per heavy atom. The van der Waals surface area contributed by atoms with Crippen LogP contribution in [0.25, 0.3) is 0 Å². The minimum Gasteiger partial charge on any atom is -0.496 e. The molecule has 0 saturated carbocycles. The number of nitrogens with one attached hydrogen (secondary N) is 2. The molecule has 24 heavy (non-hydrogen) atoms. The first-order chi connectivity index (χ1) is 11.4. The first-order valence-corrected chi connectivity index (χ1v) is 8.29. The van der Waals surface area contributed by atoms with Gasteiger partial charge in [0.1, 0.15) is 11.5 Å². The molecule has 5 nitrogen and oxygen atoms in total. The van der Waals surface area contributed by atoms with E-state index < -0.39 is 0 Å². The van der Waals surface area contributed by atoms with Gasteiger partial charge in [-0.05, 0) is 54.0 Å². The smallest absolute Gasteiger partial charge is 0.319 e. The van der Waals surface area contributed by atoms with E-state index >= 15 is 0 Å². The zero-order chi connectivity index (χ0) is 17.7. The molecule has 6 heteroatoms. The molecule has 0 radical (unpaired) electrons. The first kappa shape index (κ1) is 18.1. The molecule has 2 rings (SSSR count). The predicted molar refractivity (Wildman–Crippen MR) is 99.0 cm³/mol. The molecule has 0 bridgehead atoms. The largest absolute Gasteiger partial charge is 0.496 e. The third-order valence-corrected chi connectivity index (χ3v) is 4.23. The number of halogens is 1. The summed E-state index contributed by atoms with van der Waals surface area (Å²) in [4.78, 5) is 12.2. The molecular formula is C18H21BrN2O3. The molecule has 2 aromatic carbocycles. The number of methoxy groups -OCH3 is 2. The summed E-state index contributed by atoms with van der Waals surface area (Å²) in [6.45, 7) is 3.92. The number of carbonyl (C=O) groups is 1. The summed E-state index contributed by atoms with van der Waals surface area (Å²) >= 11 is 3.40. The van der Waals surface area contributed by atoms with Gasteiger partial charge in [0.05, 0.1) is 24.7 Å². The maximum Gasteiger partial charge on any atom is 0.319 e. The van der Waals surface area contributed by atoms with E-state index in [1.165, 1.54) is 0 Å². The van der Waals surface area contributed by atoms with Crippen LogP contribution < -0.4 is 20.1 Å². The standard InChI is InChI=1S/C18H21BrN2O3/c1-11-5-7-16(23-3)14(9-11)12(2)20-18(22)21-13-6-8-17(24-4)15(19)10-13/h5-10,12H,1-4H3,(H2,20,21,22). The molecule has 2 N–H and O–H groups in total. The van der Waals surface area contributed by atoms with Gasteiger partial charge in [-0.3, -0.25) is 0 Å². The van der Waals surface area contributed by atoms with Crippen LogP contribution in [0.3, 0.4) is 0 Å². The van der Waals surface area contributed by atoms with Gasteiger partial charge in [0.2, 0.25) is 0 Å². The fourth-order valence-electron chi connectivity index (χ4n) is 2.38. The second-order valence-electron chi connectivity index (χ2n) is 5.41. The van der Waals surface area contributed by atoms with Crippen molar-refractivity contribution in [2.45, 2.75) is 19.9 Å². The van der Waals surface area contributed by atoms with Crippen molar-refractivity contribution in [1.82, 2.24) is 5.32 Å². The van der Waals surface area contributed by atoms with E-state index in [4.69, 9.17) is 9.47 Å². The molecule has 0 aliphatic carbocycles. The van der Waals surface area contributed by atoms with Crippen LogP contribution in [0, 0.1) is 6.92 Å². The number of rotatable bonds is 5. The van der Waals surface area contributed by atoms with Crippen LogP contribution in [-0.4, -0.2) is 20.3 Å². The van der Waals surface area contributed by atoms with Gasteiger partial charge in [-0.2, -0.15) is 0 Å². The summed E-state index contributed by atoms with van der Waals surface area (Å²) in [6, 6.07) is 10.8. The zero-order valence-electron chi connectivity index (χ0n) is 14.1. The highest BCUT2D eigenvalue weighted by molar-refractivity contribution is 9.10. The van der Waals surface area contributed by atoms with Gasteiger partial charge < -0.3 is 20.1 Å². The third kappa shape index (κ3) is 4.41. The lowest BCUT2D eigenvalue weighted by Crippen LogP contribution is -2.31. The minimum absolute atomic E-state index is 0.193. The van der Waals surface area contributed by atoms with Crippen LogP contribution >= 0.6 is 15.9 Å². The lowest BCUT2D eigenvalue weighted by Gasteiger charge is -2.18. The highest BCUT2D eigenvalue weighted by Crippen LogP contribution is 2.28. The first-order valence-electron chi connectivity index (χ1n) is 7.50. The molecule has 0 heterocycles. The number of carbonyl (C=O) groups excluding carboxylic acids is 1. The van der Waals surface area contributed by atoms with Crippen molar-refractivity contribution in [1.29, 1.82) is 0 Å². The van der Waals surface area contributed by atoms with E-state index in [-0.39, 0.29) is 12.1 Å². The summed E-state index contributed by atoms with van der Waals surface area (Å²) in [5.41, 5.74) is 2.71. The highest BCUT2D eigenvalue weighted by Gasteiger charge is 2.14. The number of hydrogen-bond donors (Lipinski definition) is 2. The molecule has 128 valence electrons. The lowest BCUT2D eigenvalue weighted by molar-refractivity contribution is 0.249. The highest BCUT2D eigenvalue weighted by atomic mass is 79.9. The Balaban J connectivity index is 2.07. The summed E-state index contributed by atoms with van der Waals surface area (Å²) in [7, 11) is 3.21. The maximum absolute atomic E-state index is 12.2. The van der Waals surface area contributed by atoms with E-state index in [2.05, 4.69) is 26.6 Å². The molecular weight excluding hydrogens is 372 g/mol. The van der Waals surface area contributed by atoms with Crippen molar-refractivity contribution in [2.24, 2.45) is 0 Å². The molecule has 1 atom stereocenters. The fourth-order valence-corrected chi connectivity index (χ4v) is 2.92. The number of hydrogen-bond acceptors (Lipinski definition) is 3. The molecule has 0 saturated heterocycles. The number of benzene rings is 2. The number of anilines is 1. The molecule has 0 fully saturated rings. The Bertz CT molecular complexity index is 734. The second kappa shape index (κ2) is 8.06. The SMILES string of the molecule is COc1ccc(NC(=O)NC(C)c2cc(C)ccc2OC)cc1Br. The Labute approximate surface area is 150 Å². The van der Waals surface area contributed by atoms with Gasteiger partial charge in [-0.1, -0.05) is 17.7 Å². The third-order valence-electron chi connectivity index (χ3n) is 3.61. The number of amides is 2. The van der Waals surface area contributed by atoms with Crippen molar-refractivity contribution < 1.29 is 14.3 Å². The van der Waals surface area contributed by atoms with Crippen LogP contribution in [0.4, 0.5) is 10.5 Å². The summed E-state index contributed by atoms with van der Waals surface area (Å²) in [5, 5.41) is 5.73. The molecule has 0 aromatic heterocycles. The molecule has 0 spiro atoms. The molecule has 0 aliphatic rings. The normalized spacial score (nSPS) is 11.5. The van der Waals surface area contributed by atoms with Gasteiger partial charge in [0.25, 0.3) is 0 Å². The minimum atomic E-state index is -0.289. The van der Waals surface area contributed by atoms with Crippen LogP contribution in [-0.2, 0) is 0 Å². The summed E-state index contributed by atoms with van der Waals surface area (Å²) < 4.78 is 11.3. The number of urea groups is 1. The van der Waals surface area contributed by atoms with Gasteiger partial charge in [0.15, 0.2) is 0 Å². The molecule has 2 amide bonds. The monoisotopic (exact) mass is 392 g/mol. The van der Waals surface area contributed by atoms with Crippen molar-refractivity contribution in [3.63, 3.8) is 0 Å². The quantitative estimate of drug-likeness (QED) is 0.777. The Hall–Kier alpha value is -2.21. The lowest BCUT2D eigenvalue weighted by atomic mass is 10.0. The van der Waals surface area contributed by atoms with E-state index in [0.717, 1.165) is 21.3 Å². The van der Waals surface area contributed by atoms with E-state index in [0.29, 0.717) is 11.4 Å². The molecule has 1 unspecified atom stereocenters. The van der Waals surface area contributed by atoms with Gasteiger partial charge in [-0.25, -0.2) is 4.79 Å². The Morgan fingerprint density at radius 1 is 1.08 bits per heavy atom. The van der Waals surface area contributed by atoms with Crippen molar-refractivity contribution >= 4 is 27.6 Å². The second-order valence-corrected chi connectivity index (χ2v) is 6.27. The van der Waals surface area contributed by atoms with Crippen molar-refractivity contribution in [3.05, 3.63) is 52.0 Å². The van der Waals surface area contributed by atoms with E-state index in [9.17, 15) is 4.79 Å². The number of aryl methyl sites for hydroxylation is 1. The molecule has 0 aliphatic heterocycles. The van der Waals surface area contributed by atoms with Crippen LogP contribution in [0.5, 0.6) is 11.5 Å². The van der Waals surface area contributed by atoms with Crippen molar-refractivity contribution in [3.8, 4) is 11.5 Å². The zero-order valence-corrected chi connectivity index (χ0v) is 15.7. The topological polar surface area (TPSA) is 59.6 Å². The van der Waals surface area contributed by atoms with E-state index in [1.54, 1.807) is 32.4 Å². The van der Waals surface area contributed by atoms with Crippen LogP contribution in [0.1, 0.15) is 24.1 Å².